The highest BCUT2D eigenvalue weighted by Crippen LogP contribution is 2.55. The molecule has 1 atom stereocenters. The van der Waals surface area contributed by atoms with Gasteiger partial charge in [0.1, 0.15) is 17.5 Å². The lowest BCUT2D eigenvalue weighted by Crippen LogP contribution is -2.37. The Bertz CT molecular complexity index is 994. The highest BCUT2D eigenvalue weighted by atomic mass is 31.2. The molecule has 1 amide bonds. The number of nitrogens with zero attached hydrogens (tertiary/aromatic N) is 1. The van der Waals surface area contributed by atoms with Crippen LogP contribution in [0.15, 0.2) is 18.2 Å². The Labute approximate surface area is 196 Å². The summed E-state index contributed by atoms with van der Waals surface area (Å²) in [6.45, 7) is 17.6. The van der Waals surface area contributed by atoms with Crippen molar-refractivity contribution < 1.29 is 27.7 Å². The zero-order valence-corrected chi connectivity index (χ0v) is 22.3. The van der Waals surface area contributed by atoms with Crippen LogP contribution in [0.2, 0.25) is 0 Å². The predicted molar refractivity (Wildman–Crippen MR) is 128 cm³/mol. The van der Waals surface area contributed by atoms with E-state index in [0.29, 0.717) is 5.82 Å². The van der Waals surface area contributed by atoms with Gasteiger partial charge in [-0.05, 0) is 86.9 Å². The highest BCUT2D eigenvalue weighted by molar-refractivity contribution is 7.48. The number of aromatic amines is 1. The summed E-state index contributed by atoms with van der Waals surface area (Å²) in [4.78, 5) is 20.3. The van der Waals surface area contributed by atoms with E-state index < -0.39 is 36.8 Å². The zero-order valence-electron chi connectivity index (χ0n) is 21.4. The number of ether oxygens (including phenoxy) is 1. The van der Waals surface area contributed by atoms with Gasteiger partial charge >= 0.3 is 13.9 Å². The fourth-order valence-corrected chi connectivity index (χ4v) is 4.67. The van der Waals surface area contributed by atoms with Gasteiger partial charge in [-0.3, -0.25) is 13.6 Å². The first kappa shape index (κ1) is 27.3. The fraction of sp³-hybridized carbons (Fsp3) is 0.652. The Morgan fingerprint density at radius 2 is 1.61 bits per heavy atom. The molecular weight excluding hydrogens is 445 g/mol. The van der Waals surface area contributed by atoms with E-state index in [9.17, 15) is 9.36 Å². The first-order valence-electron chi connectivity index (χ1n) is 11.0. The summed E-state index contributed by atoms with van der Waals surface area (Å²) in [6, 6.07) is 4.98. The van der Waals surface area contributed by atoms with Crippen LogP contribution >= 0.6 is 7.82 Å². The number of phosphoric ester groups is 1. The molecule has 0 radical (unpaired) electrons. The van der Waals surface area contributed by atoms with Gasteiger partial charge in [-0.25, -0.2) is 14.3 Å². The summed E-state index contributed by atoms with van der Waals surface area (Å²) < 4.78 is 36.0. The first-order valence-corrected chi connectivity index (χ1v) is 12.4. The average Bonchev–Trinajstić information content (AvgIpc) is 2.96. The molecule has 0 fully saturated rings. The minimum atomic E-state index is -4.00. The number of nitrogens with one attached hydrogen (secondary N) is 2. The second-order valence-electron chi connectivity index (χ2n) is 11.0. The van der Waals surface area contributed by atoms with Crippen molar-refractivity contribution in [3.8, 4) is 0 Å². The molecule has 0 bridgehead atoms. The Hall–Kier alpha value is -1.93. The quantitative estimate of drug-likeness (QED) is 0.451. The van der Waals surface area contributed by atoms with E-state index in [1.807, 2.05) is 25.1 Å². The maximum atomic E-state index is 13.5. The van der Waals surface area contributed by atoms with Gasteiger partial charge in [0.15, 0.2) is 0 Å². The predicted octanol–water partition coefficient (Wildman–Crippen LogP) is 6.19. The Kier molecular flexibility index (Phi) is 8.06. The maximum Gasteiger partial charge on any atom is 0.475 e. The molecule has 0 unspecified atom stereocenters. The van der Waals surface area contributed by atoms with Gasteiger partial charge in [-0.1, -0.05) is 6.07 Å². The molecule has 2 aromatic rings. The number of imidazole rings is 1. The number of hydrogen-bond donors (Lipinski definition) is 2. The van der Waals surface area contributed by atoms with Crippen molar-refractivity contribution in [3.05, 3.63) is 29.6 Å². The summed E-state index contributed by atoms with van der Waals surface area (Å²) in [6.07, 6.45) is -0.656. The molecule has 1 aromatic heterocycles. The standard InChI is InChI=1S/C23H38N3O6P/c1-15-11-12-16-17(13-15)25-19(24-16)18(26-20(27)30-21(2,3)4)14-29-33(28,31-22(5,6)7)32-23(8,9)10/h11-13,18H,14H2,1-10H3,(H,24,25)(H,26,27)/t18-/m1/s1. The smallest absolute Gasteiger partial charge is 0.444 e. The van der Waals surface area contributed by atoms with E-state index in [0.717, 1.165) is 16.6 Å². The number of carbonyl (C=O) groups excluding carboxylic acids is 1. The largest absolute Gasteiger partial charge is 0.475 e. The van der Waals surface area contributed by atoms with E-state index in [1.54, 1.807) is 62.3 Å². The molecule has 0 aliphatic heterocycles. The van der Waals surface area contributed by atoms with E-state index in [1.165, 1.54) is 0 Å². The van der Waals surface area contributed by atoms with Gasteiger partial charge in [0.05, 0.1) is 28.8 Å². The first-order chi connectivity index (χ1) is 14.8. The van der Waals surface area contributed by atoms with Crippen LogP contribution in [0.3, 0.4) is 0 Å². The number of phosphoric acid groups is 1. The molecule has 33 heavy (non-hydrogen) atoms. The molecule has 1 heterocycles. The van der Waals surface area contributed by atoms with Crippen LogP contribution in [-0.2, 0) is 22.9 Å². The molecule has 2 rings (SSSR count). The van der Waals surface area contributed by atoms with E-state index in [-0.39, 0.29) is 6.61 Å². The number of fused-ring (bicyclic) bond motifs is 1. The molecule has 2 N–H and O–H groups in total. The van der Waals surface area contributed by atoms with Crippen LogP contribution < -0.4 is 5.32 Å². The summed E-state index contributed by atoms with van der Waals surface area (Å²) in [7, 11) is -4.00. The molecule has 0 aliphatic carbocycles. The summed E-state index contributed by atoms with van der Waals surface area (Å²) in [5, 5.41) is 2.75. The van der Waals surface area contributed by atoms with Crippen LogP contribution in [-0.4, -0.2) is 39.5 Å². The van der Waals surface area contributed by atoms with Gasteiger partial charge in [-0.15, -0.1) is 0 Å². The van der Waals surface area contributed by atoms with Crippen molar-refractivity contribution in [3.63, 3.8) is 0 Å². The van der Waals surface area contributed by atoms with Crippen molar-refractivity contribution in [2.75, 3.05) is 6.61 Å². The third-order valence-electron chi connectivity index (χ3n) is 3.85. The van der Waals surface area contributed by atoms with Crippen LogP contribution in [0.1, 0.15) is 79.7 Å². The van der Waals surface area contributed by atoms with Crippen molar-refractivity contribution in [2.45, 2.75) is 92.1 Å². The lowest BCUT2D eigenvalue weighted by molar-refractivity contribution is -0.000948. The number of aryl methyl sites for hydroxylation is 1. The monoisotopic (exact) mass is 483 g/mol. The summed E-state index contributed by atoms with van der Waals surface area (Å²) >= 11 is 0. The van der Waals surface area contributed by atoms with Crippen LogP contribution in [0.25, 0.3) is 11.0 Å². The minimum Gasteiger partial charge on any atom is -0.444 e. The zero-order chi connectivity index (χ0) is 25.2. The number of amides is 1. The molecule has 0 saturated carbocycles. The normalized spacial score (nSPS) is 14.4. The van der Waals surface area contributed by atoms with Gasteiger partial charge in [0, 0.05) is 0 Å². The second kappa shape index (κ2) is 9.74. The topological polar surface area (TPSA) is 112 Å². The number of alkyl carbamates (subject to hydrolysis) is 1. The number of benzene rings is 1. The average molecular weight is 484 g/mol. The molecule has 0 spiro atoms. The number of carbonyl (C=O) groups is 1. The molecular formula is C23H38N3O6P. The van der Waals surface area contributed by atoms with Crippen molar-refractivity contribution in [1.29, 1.82) is 0 Å². The van der Waals surface area contributed by atoms with Crippen LogP contribution in [0, 0.1) is 6.92 Å². The lowest BCUT2D eigenvalue weighted by atomic mass is 10.2. The molecule has 10 heteroatoms. The van der Waals surface area contributed by atoms with E-state index in [4.69, 9.17) is 18.3 Å². The lowest BCUT2D eigenvalue weighted by Gasteiger charge is -2.31. The molecule has 186 valence electrons. The third kappa shape index (κ3) is 9.45. The van der Waals surface area contributed by atoms with Gasteiger partial charge in [0.25, 0.3) is 0 Å². The number of rotatable bonds is 7. The van der Waals surface area contributed by atoms with E-state index >= 15 is 0 Å². The minimum absolute atomic E-state index is 0.221. The van der Waals surface area contributed by atoms with Crippen molar-refractivity contribution >= 4 is 24.9 Å². The van der Waals surface area contributed by atoms with Gasteiger partial charge in [0.2, 0.25) is 0 Å². The summed E-state index contributed by atoms with van der Waals surface area (Å²) in [5.74, 6) is 0.430. The SMILES string of the molecule is Cc1ccc2nc([C@@H](COP(=O)(OC(C)(C)C)OC(C)(C)C)NC(=O)OC(C)(C)C)[nH]c2c1. The second-order valence-corrected chi connectivity index (χ2v) is 12.5. The molecule has 1 aromatic carbocycles. The molecule has 9 nitrogen and oxygen atoms in total. The molecule has 0 saturated heterocycles. The Morgan fingerprint density at radius 3 is 2.12 bits per heavy atom. The molecule has 0 aliphatic rings. The van der Waals surface area contributed by atoms with Gasteiger partial charge in [-0.2, -0.15) is 0 Å². The van der Waals surface area contributed by atoms with E-state index in [2.05, 4.69) is 15.3 Å². The van der Waals surface area contributed by atoms with Crippen LogP contribution in [0.5, 0.6) is 0 Å². The Morgan fingerprint density at radius 1 is 1.03 bits per heavy atom. The van der Waals surface area contributed by atoms with Crippen molar-refractivity contribution in [1.82, 2.24) is 15.3 Å². The number of hydrogen-bond acceptors (Lipinski definition) is 7. The van der Waals surface area contributed by atoms with Crippen LogP contribution in [0.4, 0.5) is 4.79 Å². The number of H-pyrrole nitrogens is 1. The highest BCUT2D eigenvalue weighted by Gasteiger charge is 2.38. The Balaban J connectivity index is 2.34. The third-order valence-corrected chi connectivity index (χ3v) is 5.86. The maximum absolute atomic E-state index is 13.5. The number of aromatic nitrogens is 2. The fourth-order valence-electron chi connectivity index (χ4n) is 2.85. The van der Waals surface area contributed by atoms with Gasteiger partial charge < -0.3 is 15.0 Å². The van der Waals surface area contributed by atoms with Crippen molar-refractivity contribution in [2.24, 2.45) is 0 Å². The summed E-state index contributed by atoms with van der Waals surface area (Å²) in [5.41, 5.74) is 0.331.